The third-order valence-corrected chi connectivity index (χ3v) is 6.01. The molecule has 0 bridgehead atoms. The van der Waals surface area contributed by atoms with Crippen LogP contribution in [0.15, 0.2) is 46.9 Å². The largest absolute Gasteiger partial charge is 0.456 e. The number of amides is 3. The summed E-state index contributed by atoms with van der Waals surface area (Å²) in [5, 5.41) is 6.67. The standard InChI is InChI=1S/C26H29F4N3O8/c1-14-8-9-19(41-14)23(37)33-18(12-39-25(29)30)22(36)32-17(11-38-24(27)28)21(35)31-16(20(34)26(2)13-40-26)10-15-6-4-3-5-7-15/h3-9,16-18,24-25H,10-13H2,1-2H3,(H,31,35)(H,32,36)(H,33,37)/t16-,17-,18-,26+/m0/s1. The van der Waals surface area contributed by atoms with Gasteiger partial charge in [-0.2, -0.15) is 17.6 Å². The smallest absolute Gasteiger partial charge is 0.345 e. The Balaban J connectivity index is 1.77. The van der Waals surface area contributed by atoms with E-state index in [0.717, 1.165) is 0 Å². The summed E-state index contributed by atoms with van der Waals surface area (Å²) >= 11 is 0. The Labute approximate surface area is 231 Å². The number of aryl methyl sites for hydroxylation is 1. The van der Waals surface area contributed by atoms with Crippen molar-refractivity contribution < 1.29 is 55.4 Å². The van der Waals surface area contributed by atoms with Gasteiger partial charge in [0.2, 0.25) is 11.8 Å². The Morgan fingerprint density at radius 1 is 0.854 bits per heavy atom. The lowest BCUT2D eigenvalue weighted by molar-refractivity contribution is -0.152. The number of hydrogen-bond acceptors (Lipinski definition) is 8. The van der Waals surface area contributed by atoms with Gasteiger partial charge in [0.1, 0.15) is 23.4 Å². The first-order valence-corrected chi connectivity index (χ1v) is 12.4. The van der Waals surface area contributed by atoms with Gasteiger partial charge in [0.15, 0.2) is 11.5 Å². The second-order valence-corrected chi connectivity index (χ2v) is 9.32. The predicted molar refractivity (Wildman–Crippen MR) is 132 cm³/mol. The van der Waals surface area contributed by atoms with Crippen LogP contribution in [-0.2, 0) is 35.0 Å². The number of hydrogen-bond donors (Lipinski definition) is 3. The van der Waals surface area contributed by atoms with Crippen molar-refractivity contribution in [1.82, 2.24) is 16.0 Å². The highest BCUT2D eigenvalue weighted by atomic mass is 19.3. The van der Waals surface area contributed by atoms with E-state index < -0.39 is 73.7 Å². The monoisotopic (exact) mass is 587 g/mol. The molecule has 1 aromatic carbocycles. The van der Waals surface area contributed by atoms with Gasteiger partial charge in [-0.05, 0) is 38.0 Å². The predicted octanol–water partition coefficient (Wildman–Crippen LogP) is 1.74. The van der Waals surface area contributed by atoms with Crippen LogP contribution in [0.5, 0.6) is 0 Å². The minimum Gasteiger partial charge on any atom is -0.456 e. The molecule has 11 nitrogen and oxygen atoms in total. The van der Waals surface area contributed by atoms with E-state index in [1.807, 2.05) is 0 Å². The first-order valence-electron chi connectivity index (χ1n) is 12.4. The lowest BCUT2D eigenvalue weighted by Gasteiger charge is -2.25. The number of Topliss-reactive ketones (excluding diaryl/α,β-unsaturated/α-hetero) is 1. The van der Waals surface area contributed by atoms with E-state index in [1.54, 1.807) is 37.3 Å². The molecule has 1 aliphatic heterocycles. The topological polar surface area (TPSA) is 148 Å². The highest BCUT2D eigenvalue weighted by Crippen LogP contribution is 2.29. The number of epoxide rings is 1. The second-order valence-electron chi connectivity index (χ2n) is 9.32. The molecule has 3 N–H and O–H groups in total. The zero-order chi connectivity index (χ0) is 30.2. The molecule has 2 heterocycles. The molecule has 2 aromatic rings. The van der Waals surface area contributed by atoms with Crippen molar-refractivity contribution in [2.75, 3.05) is 19.8 Å². The van der Waals surface area contributed by atoms with Gasteiger partial charge in [-0.1, -0.05) is 30.3 Å². The number of furan rings is 1. The Morgan fingerprint density at radius 2 is 1.39 bits per heavy atom. The summed E-state index contributed by atoms with van der Waals surface area (Å²) in [5.41, 5.74) is -0.489. The van der Waals surface area contributed by atoms with Crippen LogP contribution in [0.1, 0.15) is 28.8 Å². The molecule has 3 amide bonds. The zero-order valence-corrected chi connectivity index (χ0v) is 22.0. The SMILES string of the molecule is Cc1ccc(C(=O)N[C@@H](COC(F)F)C(=O)N[C@@H](COC(F)F)C(=O)N[C@@H](Cc2ccccc2)C(=O)[C@@]2(C)CO2)o1. The van der Waals surface area contributed by atoms with Gasteiger partial charge in [-0.15, -0.1) is 0 Å². The number of benzene rings is 1. The van der Waals surface area contributed by atoms with Crippen molar-refractivity contribution in [3.8, 4) is 0 Å². The summed E-state index contributed by atoms with van der Waals surface area (Å²) in [7, 11) is 0. The number of nitrogens with one attached hydrogen (secondary N) is 3. The highest BCUT2D eigenvalue weighted by Gasteiger charge is 2.50. The molecule has 1 saturated heterocycles. The van der Waals surface area contributed by atoms with E-state index in [-0.39, 0.29) is 18.8 Å². The van der Waals surface area contributed by atoms with Gasteiger partial charge in [0, 0.05) is 0 Å². The Kier molecular flexibility index (Phi) is 11.0. The lowest BCUT2D eigenvalue weighted by atomic mass is 9.94. The summed E-state index contributed by atoms with van der Waals surface area (Å²) in [6.07, 6.45) is 0.0181. The minimum atomic E-state index is -3.33. The van der Waals surface area contributed by atoms with Gasteiger partial charge in [0.05, 0.1) is 25.9 Å². The van der Waals surface area contributed by atoms with Crippen LogP contribution >= 0.6 is 0 Å². The molecule has 15 heteroatoms. The number of ketones is 1. The summed E-state index contributed by atoms with van der Waals surface area (Å²) in [6.45, 7) is -5.56. The van der Waals surface area contributed by atoms with Gasteiger partial charge >= 0.3 is 13.2 Å². The van der Waals surface area contributed by atoms with Crippen LogP contribution in [0.25, 0.3) is 0 Å². The first-order chi connectivity index (χ1) is 19.4. The molecule has 1 aliphatic rings. The van der Waals surface area contributed by atoms with Crippen LogP contribution < -0.4 is 16.0 Å². The van der Waals surface area contributed by atoms with Gasteiger partial charge < -0.3 is 34.6 Å². The molecular weight excluding hydrogens is 558 g/mol. The van der Waals surface area contributed by atoms with E-state index in [1.165, 1.54) is 19.1 Å². The quantitative estimate of drug-likeness (QED) is 0.199. The third-order valence-electron chi connectivity index (χ3n) is 6.01. The molecule has 0 saturated carbocycles. The van der Waals surface area contributed by atoms with Crippen molar-refractivity contribution in [2.24, 2.45) is 0 Å². The van der Waals surface area contributed by atoms with Gasteiger partial charge in [-0.25, -0.2) is 0 Å². The van der Waals surface area contributed by atoms with Crippen LogP contribution in [0.4, 0.5) is 17.6 Å². The number of carbonyl (C=O) groups excluding carboxylic acids is 4. The molecule has 0 radical (unpaired) electrons. The molecule has 0 unspecified atom stereocenters. The molecule has 0 aliphatic carbocycles. The van der Waals surface area contributed by atoms with Crippen molar-refractivity contribution in [2.45, 2.75) is 57.2 Å². The lowest BCUT2D eigenvalue weighted by Crippen LogP contribution is -2.59. The highest BCUT2D eigenvalue weighted by molar-refractivity contribution is 5.99. The maximum Gasteiger partial charge on any atom is 0.345 e. The Morgan fingerprint density at radius 3 is 1.88 bits per heavy atom. The number of rotatable bonds is 16. The second kappa shape index (κ2) is 14.2. The zero-order valence-electron chi connectivity index (χ0n) is 22.0. The van der Waals surface area contributed by atoms with E-state index in [0.29, 0.717) is 11.3 Å². The summed E-state index contributed by atoms with van der Waals surface area (Å²) in [5.74, 6) is -3.66. The van der Waals surface area contributed by atoms with Crippen molar-refractivity contribution in [1.29, 1.82) is 0 Å². The fraction of sp³-hybridized carbons (Fsp3) is 0.462. The van der Waals surface area contributed by atoms with Crippen LogP contribution in [-0.4, -0.2) is 80.3 Å². The average molecular weight is 588 g/mol. The molecule has 41 heavy (non-hydrogen) atoms. The van der Waals surface area contributed by atoms with Crippen molar-refractivity contribution in [3.63, 3.8) is 0 Å². The van der Waals surface area contributed by atoms with Crippen LogP contribution in [0.2, 0.25) is 0 Å². The van der Waals surface area contributed by atoms with Gasteiger partial charge in [0.25, 0.3) is 5.91 Å². The van der Waals surface area contributed by atoms with E-state index in [9.17, 15) is 36.7 Å². The third kappa shape index (κ3) is 9.65. The van der Waals surface area contributed by atoms with Crippen LogP contribution in [0, 0.1) is 6.92 Å². The van der Waals surface area contributed by atoms with E-state index in [4.69, 9.17) is 9.15 Å². The first kappa shape index (κ1) is 31.7. The maximum absolute atomic E-state index is 13.2. The molecule has 3 rings (SSSR count). The minimum absolute atomic E-state index is 0.0181. The molecule has 1 fully saturated rings. The Bertz CT molecular complexity index is 1210. The fourth-order valence-electron chi connectivity index (χ4n) is 3.71. The number of ether oxygens (including phenoxy) is 3. The number of halogens is 4. The number of alkyl halides is 4. The molecule has 0 spiro atoms. The van der Waals surface area contributed by atoms with Gasteiger partial charge in [-0.3, -0.25) is 19.2 Å². The molecular formula is C26H29F4N3O8. The maximum atomic E-state index is 13.2. The molecule has 4 atom stereocenters. The average Bonchev–Trinajstić information content (AvgIpc) is 3.53. The molecule has 1 aromatic heterocycles. The summed E-state index contributed by atoms with van der Waals surface area (Å²) < 4.78 is 69.9. The van der Waals surface area contributed by atoms with Crippen LogP contribution in [0.3, 0.4) is 0 Å². The summed E-state index contributed by atoms with van der Waals surface area (Å²) in [4.78, 5) is 51.7. The van der Waals surface area contributed by atoms with Crippen molar-refractivity contribution in [3.05, 3.63) is 59.5 Å². The number of carbonyl (C=O) groups is 4. The summed E-state index contributed by atoms with van der Waals surface area (Å²) in [6, 6.07) is 6.51. The Hall–Kier alpha value is -3.82. The fourth-order valence-corrected chi connectivity index (χ4v) is 3.71. The molecule has 224 valence electrons. The van der Waals surface area contributed by atoms with E-state index >= 15 is 0 Å². The van der Waals surface area contributed by atoms with Crippen molar-refractivity contribution >= 4 is 23.5 Å². The normalized spacial score (nSPS) is 18.4. The van der Waals surface area contributed by atoms with E-state index in [2.05, 4.69) is 25.4 Å².